The average molecular weight is 212 g/mol. The van der Waals surface area contributed by atoms with Gasteiger partial charge in [0.1, 0.15) is 17.1 Å². The summed E-state index contributed by atoms with van der Waals surface area (Å²) in [5, 5.41) is 18.5. The van der Waals surface area contributed by atoms with Crippen LogP contribution in [0.1, 0.15) is 17.3 Å². The second-order valence-electron chi connectivity index (χ2n) is 2.91. The highest BCUT2D eigenvalue weighted by molar-refractivity contribution is 5.92. The number of hydrogen-bond acceptors (Lipinski definition) is 5. The lowest BCUT2D eigenvalue weighted by Gasteiger charge is -2.11. The first-order valence-corrected chi connectivity index (χ1v) is 4.30. The fraction of sp³-hybridized carbons (Fsp3) is 0.300. The molecule has 0 bridgehead atoms. The van der Waals surface area contributed by atoms with Crippen LogP contribution in [0.2, 0.25) is 0 Å². The SMILES string of the molecule is COC(C)OC(=O)c1cc(O)ccc1O. The second kappa shape index (κ2) is 4.65. The van der Waals surface area contributed by atoms with E-state index >= 15 is 0 Å². The van der Waals surface area contributed by atoms with Gasteiger partial charge in [0.05, 0.1) is 0 Å². The lowest BCUT2D eigenvalue weighted by atomic mass is 10.2. The highest BCUT2D eigenvalue weighted by Crippen LogP contribution is 2.23. The van der Waals surface area contributed by atoms with Gasteiger partial charge in [0.15, 0.2) is 6.29 Å². The lowest BCUT2D eigenvalue weighted by Crippen LogP contribution is -2.16. The number of methoxy groups -OCH3 is 1. The molecule has 1 aromatic rings. The number of carbonyl (C=O) groups excluding carboxylic acids is 1. The van der Waals surface area contributed by atoms with E-state index in [1.807, 2.05) is 0 Å². The molecule has 0 radical (unpaired) electrons. The summed E-state index contributed by atoms with van der Waals surface area (Å²) in [6.07, 6.45) is -0.709. The smallest absolute Gasteiger partial charge is 0.344 e. The first kappa shape index (κ1) is 11.3. The van der Waals surface area contributed by atoms with Crippen molar-refractivity contribution in [2.75, 3.05) is 7.11 Å². The molecule has 0 heterocycles. The van der Waals surface area contributed by atoms with Crippen LogP contribution in [0.5, 0.6) is 11.5 Å². The Balaban J connectivity index is 2.86. The quantitative estimate of drug-likeness (QED) is 0.448. The molecule has 5 nitrogen and oxygen atoms in total. The van der Waals surface area contributed by atoms with Crippen molar-refractivity contribution in [1.82, 2.24) is 0 Å². The molecule has 0 fully saturated rings. The van der Waals surface area contributed by atoms with E-state index in [-0.39, 0.29) is 17.1 Å². The maximum atomic E-state index is 11.4. The number of phenolic OH excluding ortho intramolecular Hbond substituents is 2. The van der Waals surface area contributed by atoms with Gasteiger partial charge in [0, 0.05) is 7.11 Å². The third-order valence-electron chi connectivity index (χ3n) is 1.80. The molecule has 0 aromatic heterocycles. The summed E-state index contributed by atoms with van der Waals surface area (Å²) in [4.78, 5) is 11.4. The Morgan fingerprint density at radius 3 is 2.67 bits per heavy atom. The number of benzene rings is 1. The summed E-state index contributed by atoms with van der Waals surface area (Å²) in [5.74, 6) is -1.12. The molecular weight excluding hydrogens is 200 g/mol. The van der Waals surface area contributed by atoms with Crippen LogP contribution in [-0.2, 0) is 9.47 Å². The fourth-order valence-electron chi connectivity index (χ4n) is 0.950. The Bertz CT molecular complexity index is 361. The van der Waals surface area contributed by atoms with E-state index in [1.165, 1.54) is 26.2 Å². The molecule has 1 unspecified atom stereocenters. The molecule has 2 N–H and O–H groups in total. The number of carbonyl (C=O) groups is 1. The van der Waals surface area contributed by atoms with E-state index in [2.05, 4.69) is 0 Å². The highest BCUT2D eigenvalue weighted by atomic mass is 16.7. The monoisotopic (exact) mass is 212 g/mol. The average Bonchev–Trinajstić information content (AvgIpc) is 2.21. The van der Waals surface area contributed by atoms with Gasteiger partial charge in [-0.25, -0.2) is 4.79 Å². The Labute approximate surface area is 86.9 Å². The number of hydrogen-bond donors (Lipinski definition) is 2. The number of aromatic hydroxyl groups is 2. The topological polar surface area (TPSA) is 76.0 Å². The molecule has 1 atom stereocenters. The van der Waals surface area contributed by atoms with Gasteiger partial charge in [-0.05, 0) is 25.1 Å². The van der Waals surface area contributed by atoms with Crippen molar-refractivity contribution in [3.8, 4) is 11.5 Å². The van der Waals surface area contributed by atoms with Gasteiger partial charge in [0.25, 0.3) is 0 Å². The standard InChI is InChI=1S/C10H12O5/c1-6(14-2)15-10(13)8-5-7(11)3-4-9(8)12/h3-6,11-12H,1-2H3. The van der Waals surface area contributed by atoms with E-state index in [0.29, 0.717) is 0 Å². The van der Waals surface area contributed by atoms with Gasteiger partial charge >= 0.3 is 5.97 Å². The van der Waals surface area contributed by atoms with Gasteiger partial charge in [-0.15, -0.1) is 0 Å². The van der Waals surface area contributed by atoms with E-state index in [0.717, 1.165) is 6.07 Å². The van der Waals surface area contributed by atoms with E-state index in [1.54, 1.807) is 0 Å². The normalized spacial score (nSPS) is 12.1. The highest BCUT2D eigenvalue weighted by Gasteiger charge is 2.15. The van der Waals surface area contributed by atoms with Crippen molar-refractivity contribution in [3.63, 3.8) is 0 Å². The van der Waals surface area contributed by atoms with Crippen LogP contribution < -0.4 is 0 Å². The van der Waals surface area contributed by atoms with Crippen LogP contribution in [-0.4, -0.2) is 29.6 Å². The zero-order valence-corrected chi connectivity index (χ0v) is 8.43. The van der Waals surface area contributed by atoms with E-state index in [9.17, 15) is 9.90 Å². The predicted octanol–water partition coefficient (Wildman–Crippen LogP) is 1.25. The molecule has 5 heteroatoms. The third kappa shape index (κ3) is 2.85. The fourth-order valence-corrected chi connectivity index (χ4v) is 0.950. The molecule has 1 rings (SSSR count). The Morgan fingerprint density at radius 2 is 2.07 bits per heavy atom. The van der Waals surface area contributed by atoms with Crippen LogP contribution in [0.4, 0.5) is 0 Å². The van der Waals surface area contributed by atoms with Crippen molar-refractivity contribution in [2.45, 2.75) is 13.2 Å². The van der Waals surface area contributed by atoms with Gasteiger partial charge in [-0.3, -0.25) is 0 Å². The van der Waals surface area contributed by atoms with Crippen molar-refractivity contribution in [3.05, 3.63) is 23.8 Å². The summed E-state index contributed by atoms with van der Waals surface area (Å²) in [6, 6.07) is 3.61. The zero-order chi connectivity index (χ0) is 11.4. The van der Waals surface area contributed by atoms with Crippen molar-refractivity contribution in [2.24, 2.45) is 0 Å². The molecule has 82 valence electrons. The Morgan fingerprint density at radius 1 is 1.40 bits per heavy atom. The number of esters is 1. The van der Waals surface area contributed by atoms with E-state index in [4.69, 9.17) is 14.6 Å². The Kier molecular flexibility index (Phi) is 3.51. The van der Waals surface area contributed by atoms with E-state index < -0.39 is 12.3 Å². The van der Waals surface area contributed by atoms with Crippen molar-refractivity contribution in [1.29, 1.82) is 0 Å². The second-order valence-corrected chi connectivity index (χ2v) is 2.91. The van der Waals surface area contributed by atoms with Gasteiger partial charge in [-0.2, -0.15) is 0 Å². The van der Waals surface area contributed by atoms with Crippen LogP contribution in [0.25, 0.3) is 0 Å². The van der Waals surface area contributed by atoms with Gasteiger partial charge in [-0.1, -0.05) is 0 Å². The molecule has 0 spiro atoms. The van der Waals surface area contributed by atoms with Crippen molar-refractivity contribution < 1.29 is 24.5 Å². The molecule has 0 aliphatic carbocycles. The maximum absolute atomic E-state index is 11.4. The lowest BCUT2D eigenvalue weighted by molar-refractivity contribution is -0.0774. The largest absolute Gasteiger partial charge is 0.508 e. The maximum Gasteiger partial charge on any atom is 0.344 e. The number of ether oxygens (including phenoxy) is 2. The molecule has 0 saturated carbocycles. The summed E-state index contributed by atoms with van der Waals surface area (Å²) in [7, 11) is 1.39. The summed E-state index contributed by atoms with van der Waals surface area (Å²) >= 11 is 0. The molecule has 0 aliphatic heterocycles. The van der Waals surface area contributed by atoms with Crippen LogP contribution in [0, 0.1) is 0 Å². The molecule has 0 aliphatic rings. The summed E-state index contributed by atoms with van der Waals surface area (Å²) in [5.41, 5.74) is -0.0982. The predicted molar refractivity (Wildman–Crippen MR) is 51.7 cm³/mol. The van der Waals surface area contributed by atoms with Crippen molar-refractivity contribution >= 4 is 5.97 Å². The number of phenols is 2. The Hall–Kier alpha value is -1.75. The summed E-state index contributed by atoms with van der Waals surface area (Å²) in [6.45, 7) is 1.54. The van der Waals surface area contributed by atoms with Crippen LogP contribution >= 0.6 is 0 Å². The minimum absolute atomic E-state index is 0.0982. The first-order valence-electron chi connectivity index (χ1n) is 4.30. The number of rotatable bonds is 3. The van der Waals surface area contributed by atoms with Crippen LogP contribution in [0.15, 0.2) is 18.2 Å². The molecule has 0 amide bonds. The molecule has 15 heavy (non-hydrogen) atoms. The molecular formula is C10H12O5. The minimum atomic E-state index is -0.752. The third-order valence-corrected chi connectivity index (χ3v) is 1.80. The minimum Gasteiger partial charge on any atom is -0.508 e. The van der Waals surface area contributed by atoms with Gasteiger partial charge < -0.3 is 19.7 Å². The first-order chi connectivity index (χ1) is 7.04. The van der Waals surface area contributed by atoms with Gasteiger partial charge in [0.2, 0.25) is 0 Å². The molecule has 0 saturated heterocycles. The summed E-state index contributed by atoms with van der Waals surface area (Å²) < 4.78 is 9.51. The zero-order valence-electron chi connectivity index (χ0n) is 8.43. The molecule has 1 aromatic carbocycles. The van der Waals surface area contributed by atoms with Crippen LogP contribution in [0.3, 0.4) is 0 Å².